The van der Waals surface area contributed by atoms with Gasteiger partial charge in [-0.05, 0) is 36.5 Å². The van der Waals surface area contributed by atoms with Crippen molar-refractivity contribution in [1.29, 1.82) is 0 Å². The smallest absolute Gasteiger partial charge is 0.122 e. The quantitative estimate of drug-likeness (QED) is 0.646. The van der Waals surface area contributed by atoms with Gasteiger partial charge in [0.15, 0.2) is 0 Å². The molecular formula is C15H22O. The third kappa shape index (κ3) is 3.13. The van der Waals surface area contributed by atoms with E-state index in [0.29, 0.717) is 5.92 Å². The van der Waals surface area contributed by atoms with Crippen molar-refractivity contribution in [3.05, 3.63) is 42.0 Å². The topological polar surface area (TPSA) is 9.23 Å². The molecule has 0 saturated heterocycles. The van der Waals surface area contributed by atoms with Crippen molar-refractivity contribution in [3.63, 3.8) is 0 Å². The molecule has 0 saturated carbocycles. The summed E-state index contributed by atoms with van der Waals surface area (Å²) in [5.74, 6) is 1.42. The van der Waals surface area contributed by atoms with Crippen LogP contribution < -0.4 is 4.74 Å². The Balaban J connectivity index is 3.01. The van der Waals surface area contributed by atoms with Crippen LogP contribution in [0.4, 0.5) is 0 Å². The summed E-state index contributed by atoms with van der Waals surface area (Å²) < 4.78 is 5.69. The molecule has 0 N–H and O–H groups in total. The summed E-state index contributed by atoms with van der Waals surface area (Å²) in [4.78, 5) is 0. The van der Waals surface area contributed by atoms with E-state index in [9.17, 15) is 0 Å². The SMILES string of the molecule is C=CC(C)c1ccc(CCC)c(OCC)c1. The van der Waals surface area contributed by atoms with Crippen molar-refractivity contribution in [3.8, 4) is 5.75 Å². The van der Waals surface area contributed by atoms with E-state index in [0.717, 1.165) is 25.2 Å². The Morgan fingerprint density at radius 2 is 2.12 bits per heavy atom. The predicted molar refractivity (Wildman–Crippen MR) is 70.2 cm³/mol. The molecule has 0 aliphatic heterocycles. The van der Waals surface area contributed by atoms with E-state index in [2.05, 4.69) is 38.6 Å². The van der Waals surface area contributed by atoms with Crippen LogP contribution >= 0.6 is 0 Å². The van der Waals surface area contributed by atoms with E-state index >= 15 is 0 Å². The molecule has 1 aromatic rings. The van der Waals surface area contributed by atoms with Crippen LogP contribution in [0, 0.1) is 0 Å². The van der Waals surface area contributed by atoms with Crippen molar-refractivity contribution >= 4 is 0 Å². The third-order valence-electron chi connectivity index (χ3n) is 2.79. The fourth-order valence-corrected chi connectivity index (χ4v) is 1.76. The van der Waals surface area contributed by atoms with Gasteiger partial charge in [0.25, 0.3) is 0 Å². The van der Waals surface area contributed by atoms with E-state index in [1.807, 2.05) is 13.0 Å². The van der Waals surface area contributed by atoms with Crippen LogP contribution in [0.3, 0.4) is 0 Å². The first kappa shape index (κ1) is 12.8. The molecule has 0 amide bonds. The molecule has 16 heavy (non-hydrogen) atoms. The third-order valence-corrected chi connectivity index (χ3v) is 2.79. The molecule has 0 aromatic heterocycles. The summed E-state index contributed by atoms with van der Waals surface area (Å²) in [5.41, 5.74) is 2.59. The van der Waals surface area contributed by atoms with Crippen LogP contribution in [0.1, 0.15) is 44.2 Å². The fraction of sp³-hybridized carbons (Fsp3) is 0.467. The van der Waals surface area contributed by atoms with Gasteiger partial charge in [0, 0.05) is 0 Å². The summed E-state index contributed by atoms with van der Waals surface area (Å²) in [7, 11) is 0. The average Bonchev–Trinajstić information content (AvgIpc) is 2.31. The first-order chi connectivity index (χ1) is 7.72. The lowest BCUT2D eigenvalue weighted by molar-refractivity contribution is 0.336. The molecule has 1 heteroatoms. The fourth-order valence-electron chi connectivity index (χ4n) is 1.76. The lowest BCUT2D eigenvalue weighted by Gasteiger charge is -2.13. The molecular weight excluding hydrogens is 196 g/mol. The van der Waals surface area contributed by atoms with Crippen LogP contribution in [0.2, 0.25) is 0 Å². The molecule has 0 radical (unpaired) electrons. The van der Waals surface area contributed by atoms with Crippen LogP contribution in [-0.2, 0) is 6.42 Å². The summed E-state index contributed by atoms with van der Waals surface area (Å²) in [5, 5.41) is 0. The molecule has 0 bridgehead atoms. The van der Waals surface area contributed by atoms with Gasteiger partial charge in [-0.25, -0.2) is 0 Å². The van der Waals surface area contributed by atoms with Crippen molar-refractivity contribution in [2.45, 2.75) is 39.5 Å². The zero-order valence-electron chi connectivity index (χ0n) is 10.6. The Bertz CT molecular complexity index is 341. The Labute approximate surface area is 99.1 Å². The van der Waals surface area contributed by atoms with Gasteiger partial charge in [-0.15, -0.1) is 6.58 Å². The highest BCUT2D eigenvalue weighted by atomic mass is 16.5. The summed E-state index contributed by atoms with van der Waals surface area (Å²) in [6.07, 6.45) is 4.19. The van der Waals surface area contributed by atoms with Gasteiger partial charge < -0.3 is 4.74 Å². The Morgan fingerprint density at radius 1 is 1.38 bits per heavy atom. The van der Waals surface area contributed by atoms with E-state index in [1.165, 1.54) is 11.1 Å². The van der Waals surface area contributed by atoms with E-state index in [1.54, 1.807) is 0 Å². The average molecular weight is 218 g/mol. The number of benzene rings is 1. The van der Waals surface area contributed by atoms with Gasteiger partial charge in [0.1, 0.15) is 5.75 Å². The Morgan fingerprint density at radius 3 is 2.69 bits per heavy atom. The molecule has 1 nitrogen and oxygen atoms in total. The number of allylic oxidation sites excluding steroid dienone is 1. The van der Waals surface area contributed by atoms with Gasteiger partial charge in [-0.1, -0.05) is 38.5 Å². The zero-order valence-corrected chi connectivity index (χ0v) is 10.6. The minimum Gasteiger partial charge on any atom is -0.494 e. The lowest BCUT2D eigenvalue weighted by atomic mass is 9.98. The Hall–Kier alpha value is -1.24. The standard InChI is InChI=1S/C15H22O/c1-5-8-13-9-10-14(12(4)6-2)11-15(13)16-7-3/h6,9-12H,2,5,7-8H2,1,3-4H3. The molecule has 0 aliphatic carbocycles. The zero-order chi connectivity index (χ0) is 12.0. The monoisotopic (exact) mass is 218 g/mol. The first-order valence-electron chi connectivity index (χ1n) is 6.11. The van der Waals surface area contributed by atoms with Gasteiger partial charge in [-0.3, -0.25) is 0 Å². The number of ether oxygens (including phenoxy) is 1. The second-order valence-electron chi connectivity index (χ2n) is 4.07. The van der Waals surface area contributed by atoms with Crippen LogP contribution in [0.15, 0.2) is 30.9 Å². The summed E-state index contributed by atoms with van der Waals surface area (Å²) >= 11 is 0. The highest BCUT2D eigenvalue weighted by Crippen LogP contribution is 2.26. The molecule has 0 heterocycles. The molecule has 1 atom stereocenters. The maximum Gasteiger partial charge on any atom is 0.122 e. The number of rotatable bonds is 6. The summed E-state index contributed by atoms with van der Waals surface area (Å²) in [6.45, 7) is 10.9. The van der Waals surface area contributed by atoms with E-state index in [4.69, 9.17) is 4.74 Å². The van der Waals surface area contributed by atoms with Gasteiger partial charge in [0.2, 0.25) is 0 Å². The minimum absolute atomic E-state index is 0.384. The van der Waals surface area contributed by atoms with Crippen LogP contribution in [0.25, 0.3) is 0 Å². The van der Waals surface area contributed by atoms with Gasteiger partial charge in [0.05, 0.1) is 6.61 Å². The number of aryl methyl sites for hydroxylation is 1. The maximum atomic E-state index is 5.69. The number of hydrogen-bond donors (Lipinski definition) is 0. The second-order valence-corrected chi connectivity index (χ2v) is 4.07. The maximum absolute atomic E-state index is 5.69. The molecule has 88 valence electrons. The van der Waals surface area contributed by atoms with Gasteiger partial charge in [-0.2, -0.15) is 0 Å². The molecule has 0 spiro atoms. The van der Waals surface area contributed by atoms with Gasteiger partial charge >= 0.3 is 0 Å². The van der Waals surface area contributed by atoms with E-state index < -0.39 is 0 Å². The van der Waals surface area contributed by atoms with Crippen molar-refractivity contribution in [2.24, 2.45) is 0 Å². The van der Waals surface area contributed by atoms with Crippen molar-refractivity contribution < 1.29 is 4.74 Å². The van der Waals surface area contributed by atoms with Crippen LogP contribution in [0.5, 0.6) is 5.75 Å². The molecule has 1 aromatic carbocycles. The highest BCUT2D eigenvalue weighted by Gasteiger charge is 2.07. The minimum atomic E-state index is 0.384. The van der Waals surface area contributed by atoms with E-state index in [-0.39, 0.29) is 0 Å². The largest absolute Gasteiger partial charge is 0.494 e. The van der Waals surface area contributed by atoms with Crippen molar-refractivity contribution in [2.75, 3.05) is 6.61 Å². The molecule has 0 fully saturated rings. The van der Waals surface area contributed by atoms with Crippen LogP contribution in [-0.4, -0.2) is 6.61 Å². The highest BCUT2D eigenvalue weighted by molar-refractivity contribution is 5.39. The first-order valence-corrected chi connectivity index (χ1v) is 6.11. The normalized spacial score (nSPS) is 12.2. The summed E-state index contributed by atoms with van der Waals surface area (Å²) in [6, 6.07) is 6.52. The molecule has 1 unspecified atom stereocenters. The second kappa shape index (κ2) is 6.37. The predicted octanol–water partition coefficient (Wildman–Crippen LogP) is 4.33. The molecule has 0 aliphatic rings. The lowest BCUT2D eigenvalue weighted by Crippen LogP contribution is -1.99. The Kier molecular flexibility index (Phi) is 5.10. The van der Waals surface area contributed by atoms with Crippen molar-refractivity contribution in [1.82, 2.24) is 0 Å². The molecule has 1 rings (SSSR count). The number of hydrogen-bond acceptors (Lipinski definition) is 1.